The molecule has 6 heteroatoms. The van der Waals surface area contributed by atoms with Crippen LogP contribution < -0.4 is 5.32 Å². The summed E-state index contributed by atoms with van der Waals surface area (Å²) in [4.78, 5) is 28.6. The zero-order chi connectivity index (χ0) is 18.6. The second-order valence-corrected chi connectivity index (χ2v) is 7.34. The van der Waals surface area contributed by atoms with Crippen molar-refractivity contribution in [1.82, 2.24) is 4.90 Å². The Labute approximate surface area is 156 Å². The minimum atomic E-state index is -1.07. The Kier molecular flexibility index (Phi) is 3.37. The van der Waals surface area contributed by atoms with Crippen LogP contribution >= 0.6 is 0 Å². The molecule has 3 heterocycles. The van der Waals surface area contributed by atoms with Crippen LogP contribution in [0.3, 0.4) is 0 Å². The van der Waals surface area contributed by atoms with Gasteiger partial charge in [-0.3, -0.25) is 9.59 Å². The zero-order valence-corrected chi connectivity index (χ0v) is 14.6. The van der Waals surface area contributed by atoms with Gasteiger partial charge >= 0.3 is 0 Å². The number of benzene rings is 2. The molecular formula is C21H19N3O3. The lowest BCUT2D eigenvalue weighted by Gasteiger charge is -2.32. The molecule has 0 saturated carbocycles. The molecule has 2 fully saturated rings. The maximum Gasteiger partial charge on any atom is 0.238 e. The van der Waals surface area contributed by atoms with Crippen LogP contribution in [-0.2, 0) is 15.0 Å². The van der Waals surface area contributed by atoms with Crippen molar-refractivity contribution in [3.63, 3.8) is 0 Å². The molecule has 136 valence electrons. The van der Waals surface area contributed by atoms with Gasteiger partial charge in [-0.1, -0.05) is 53.7 Å². The third-order valence-electron chi connectivity index (χ3n) is 6.21. The molecule has 0 aromatic heterocycles. The summed E-state index contributed by atoms with van der Waals surface area (Å²) in [6, 6.07) is 16.4. The highest BCUT2D eigenvalue weighted by Gasteiger charge is 2.69. The molecule has 5 rings (SSSR count). The van der Waals surface area contributed by atoms with E-state index in [0.717, 1.165) is 24.1 Å². The minimum absolute atomic E-state index is 0.138. The predicted molar refractivity (Wildman–Crippen MR) is 99.7 cm³/mol. The van der Waals surface area contributed by atoms with Crippen LogP contribution in [0.1, 0.15) is 24.0 Å². The molecule has 2 aromatic rings. The summed E-state index contributed by atoms with van der Waals surface area (Å²) >= 11 is 0. The Morgan fingerprint density at radius 3 is 2.63 bits per heavy atom. The number of hydrogen-bond donors (Lipinski definition) is 2. The van der Waals surface area contributed by atoms with E-state index < -0.39 is 11.3 Å². The lowest BCUT2D eigenvalue weighted by molar-refractivity contribution is -0.130. The SMILES string of the molecule is O=C1[C@@H](/C(=N/O)c2ccccc2)[C@]2(C(=O)Nc3ccccc32)C2CCCN12. The number of rotatable bonds is 2. The molecule has 1 unspecified atom stereocenters. The smallest absolute Gasteiger partial charge is 0.238 e. The van der Waals surface area contributed by atoms with Gasteiger partial charge in [0.05, 0.1) is 6.04 Å². The van der Waals surface area contributed by atoms with E-state index in [-0.39, 0.29) is 23.6 Å². The van der Waals surface area contributed by atoms with E-state index in [9.17, 15) is 14.8 Å². The Balaban J connectivity index is 1.77. The molecule has 6 nitrogen and oxygen atoms in total. The van der Waals surface area contributed by atoms with Crippen molar-refractivity contribution in [2.75, 3.05) is 11.9 Å². The number of nitrogens with zero attached hydrogens (tertiary/aromatic N) is 2. The average Bonchev–Trinajstić information content (AvgIpc) is 3.34. The standard InChI is InChI=1S/C21H19N3O3/c25-19-17(18(23-27)13-7-2-1-3-8-13)21(16-11-6-12-24(16)19)14-9-4-5-10-15(14)22-20(21)26/h1-5,7-10,16-17,27H,6,11-12H2,(H,22,26)/b23-18+/t16?,17-,21-/m1/s1. The summed E-state index contributed by atoms with van der Waals surface area (Å²) < 4.78 is 0. The number of nitrogens with one attached hydrogen (secondary N) is 1. The molecule has 3 aliphatic rings. The van der Waals surface area contributed by atoms with Gasteiger partial charge in [-0.05, 0) is 24.5 Å². The van der Waals surface area contributed by atoms with Gasteiger partial charge in [-0.15, -0.1) is 0 Å². The van der Waals surface area contributed by atoms with Gasteiger partial charge in [0.2, 0.25) is 11.8 Å². The summed E-state index contributed by atoms with van der Waals surface area (Å²) in [5.74, 6) is -1.17. The lowest BCUT2D eigenvalue weighted by Crippen LogP contribution is -2.50. The number of carbonyl (C=O) groups is 2. The van der Waals surface area contributed by atoms with E-state index in [1.165, 1.54) is 0 Å². The van der Waals surface area contributed by atoms with Gasteiger partial charge in [-0.25, -0.2) is 0 Å². The van der Waals surface area contributed by atoms with Gasteiger partial charge in [0, 0.05) is 17.8 Å². The van der Waals surface area contributed by atoms with Crippen LogP contribution in [-0.4, -0.2) is 40.2 Å². The fraction of sp³-hybridized carbons (Fsp3) is 0.286. The predicted octanol–water partition coefficient (Wildman–Crippen LogP) is 2.38. The highest BCUT2D eigenvalue weighted by Crippen LogP contribution is 2.55. The first kappa shape index (κ1) is 16.1. The molecule has 2 aromatic carbocycles. The molecule has 3 aliphatic heterocycles. The summed E-state index contributed by atoms with van der Waals surface area (Å²) in [5, 5.41) is 16.4. The molecule has 2 amide bonds. The highest BCUT2D eigenvalue weighted by molar-refractivity contribution is 6.23. The van der Waals surface area contributed by atoms with Crippen molar-refractivity contribution in [2.24, 2.45) is 11.1 Å². The van der Waals surface area contributed by atoms with E-state index in [0.29, 0.717) is 12.1 Å². The summed E-state index contributed by atoms with van der Waals surface area (Å²) in [5.41, 5.74) is 1.39. The zero-order valence-electron chi connectivity index (χ0n) is 14.6. The number of amides is 2. The lowest BCUT2D eigenvalue weighted by atomic mass is 9.65. The van der Waals surface area contributed by atoms with E-state index in [2.05, 4.69) is 10.5 Å². The van der Waals surface area contributed by atoms with Gasteiger partial charge < -0.3 is 15.4 Å². The minimum Gasteiger partial charge on any atom is -0.411 e. The first-order valence-electron chi connectivity index (χ1n) is 9.18. The van der Waals surface area contributed by atoms with Gasteiger partial charge in [0.1, 0.15) is 17.0 Å². The molecule has 2 N–H and O–H groups in total. The van der Waals surface area contributed by atoms with Crippen LogP contribution in [0, 0.1) is 5.92 Å². The van der Waals surface area contributed by atoms with Gasteiger partial charge in [0.15, 0.2) is 0 Å². The van der Waals surface area contributed by atoms with Gasteiger partial charge in [0.25, 0.3) is 0 Å². The van der Waals surface area contributed by atoms with Crippen LogP contribution in [0.4, 0.5) is 5.69 Å². The first-order chi connectivity index (χ1) is 13.2. The highest BCUT2D eigenvalue weighted by atomic mass is 16.4. The third kappa shape index (κ3) is 1.92. The van der Waals surface area contributed by atoms with E-state index >= 15 is 0 Å². The molecule has 0 aliphatic carbocycles. The van der Waals surface area contributed by atoms with Crippen molar-refractivity contribution >= 4 is 23.2 Å². The van der Waals surface area contributed by atoms with Crippen LogP contribution in [0.2, 0.25) is 0 Å². The fourth-order valence-electron chi connectivity index (χ4n) is 5.20. The topological polar surface area (TPSA) is 82.0 Å². The Hall–Kier alpha value is -3.15. The van der Waals surface area contributed by atoms with Crippen molar-refractivity contribution < 1.29 is 14.8 Å². The second kappa shape index (κ2) is 5.67. The Bertz CT molecular complexity index is 972. The van der Waals surface area contributed by atoms with Gasteiger partial charge in [-0.2, -0.15) is 0 Å². The number of carbonyl (C=O) groups excluding carboxylic acids is 2. The molecule has 0 bridgehead atoms. The summed E-state index contributed by atoms with van der Waals surface area (Å²) in [6.07, 6.45) is 1.63. The Morgan fingerprint density at radius 1 is 1.11 bits per heavy atom. The monoisotopic (exact) mass is 361 g/mol. The molecule has 1 spiro atoms. The molecule has 3 atom stereocenters. The first-order valence-corrected chi connectivity index (χ1v) is 9.18. The molecule has 27 heavy (non-hydrogen) atoms. The van der Waals surface area contributed by atoms with E-state index in [1.807, 2.05) is 42.5 Å². The number of hydrogen-bond acceptors (Lipinski definition) is 4. The van der Waals surface area contributed by atoms with Crippen LogP contribution in [0.5, 0.6) is 0 Å². The molecular weight excluding hydrogens is 342 g/mol. The molecule has 2 saturated heterocycles. The fourth-order valence-corrected chi connectivity index (χ4v) is 5.20. The normalized spacial score (nSPS) is 29.2. The van der Waals surface area contributed by atoms with Crippen molar-refractivity contribution in [3.8, 4) is 0 Å². The largest absolute Gasteiger partial charge is 0.411 e. The summed E-state index contributed by atoms with van der Waals surface area (Å²) in [7, 11) is 0. The van der Waals surface area contributed by atoms with E-state index in [4.69, 9.17) is 0 Å². The maximum absolute atomic E-state index is 13.4. The number of fused-ring (bicyclic) bond motifs is 4. The number of para-hydroxylation sites is 1. The summed E-state index contributed by atoms with van der Waals surface area (Å²) in [6.45, 7) is 0.630. The van der Waals surface area contributed by atoms with E-state index in [1.54, 1.807) is 17.0 Å². The number of anilines is 1. The van der Waals surface area contributed by atoms with Crippen molar-refractivity contribution in [2.45, 2.75) is 24.3 Å². The van der Waals surface area contributed by atoms with Crippen molar-refractivity contribution in [1.29, 1.82) is 0 Å². The second-order valence-electron chi connectivity index (χ2n) is 7.34. The van der Waals surface area contributed by atoms with Crippen molar-refractivity contribution in [3.05, 3.63) is 65.7 Å². The maximum atomic E-state index is 13.4. The number of oxime groups is 1. The van der Waals surface area contributed by atoms with Crippen LogP contribution in [0.15, 0.2) is 59.8 Å². The molecule has 0 radical (unpaired) electrons. The Morgan fingerprint density at radius 2 is 1.85 bits per heavy atom. The quantitative estimate of drug-likeness (QED) is 0.489. The van der Waals surface area contributed by atoms with Crippen LogP contribution in [0.25, 0.3) is 0 Å². The third-order valence-corrected chi connectivity index (χ3v) is 6.21. The average molecular weight is 361 g/mol.